The highest BCUT2D eigenvalue weighted by molar-refractivity contribution is 7.84. The van der Waals surface area contributed by atoms with Gasteiger partial charge in [-0.3, -0.25) is 13.6 Å². The molecule has 0 spiro atoms. The van der Waals surface area contributed by atoms with E-state index < -0.39 is 17.4 Å². The monoisotopic (exact) mass is 315 g/mol. The Labute approximate surface area is 121 Å². The molecule has 2 aromatic rings. The third kappa shape index (κ3) is 3.91. The van der Waals surface area contributed by atoms with Crippen LogP contribution in [0, 0.1) is 0 Å². The smallest absolute Gasteiger partial charge is 0.387 e. The maximum Gasteiger partial charge on any atom is 0.387 e. The molecule has 0 aliphatic heterocycles. The lowest BCUT2D eigenvalue weighted by atomic mass is 10.1. The quantitative estimate of drug-likeness (QED) is 0.755. The summed E-state index contributed by atoms with van der Waals surface area (Å²) in [6.45, 7) is -3.00. The third-order valence-corrected chi connectivity index (χ3v) is 3.38. The molecule has 1 aromatic carbocycles. The first kappa shape index (κ1) is 15.2. The van der Waals surface area contributed by atoms with Crippen LogP contribution in [0.5, 0.6) is 5.75 Å². The number of rotatable bonds is 6. The molecule has 0 aliphatic carbocycles. The van der Waals surface area contributed by atoms with E-state index in [1.807, 2.05) is 0 Å². The molecule has 0 saturated heterocycles. The predicted molar refractivity (Wildman–Crippen MR) is 69.8 cm³/mol. The second-order valence-corrected chi connectivity index (χ2v) is 5.29. The lowest BCUT2D eigenvalue weighted by Gasteiger charge is -2.06. The Hall–Kier alpha value is -2.16. The number of benzene rings is 1. The van der Waals surface area contributed by atoms with E-state index in [1.165, 1.54) is 41.4 Å². The minimum absolute atomic E-state index is 0.0267. The predicted octanol–water partition coefficient (Wildman–Crippen LogP) is 1.50. The number of carbonyl (C=O) groups is 1. The number of halogens is 2. The number of ketones is 1. The molecule has 0 aliphatic rings. The van der Waals surface area contributed by atoms with Gasteiger partial charge in [0.2, 0.25) is 5.16 Å². The third-order valence-electron chi connectivity index (χ3n) is 2.55. The van der Waals surface area contributed by atoms with Crippen LogP contribution in [0.3, 0.4) is 0 Å². The molecule has 9 heteroatoms. The minimum atomic E-state index is -2.91. The first-order valence-corrected chi connectivity index (χ1v) is 7.32. The summed E-state index contributed by atoms with van der Waals surface area (Å²) in [5.74, 6) is -0.314. The molecule has 112 valence electrons. The lowest BCUT2D eigenvalue weighted by molar-refractivity contribution is -0.0498. The summed E-state index contributed by atoms with van der Waals surface area (Å²) in [5.41, 5.74) is 0.318. The van der Waals surface area contributed by atoms with Gasteiger partial charge in [-0.25, -0.2) is 0 Å². The zero-order valence-corrected chi connectivity index (χ0v) is 11.7. The summed E-state index contributed by atoms with van der Waals surface area (Å²) in [6, 6.07) is 5.33. The number of hydrogen-bond donors (Lipinski definition) is 0. The first-order chi connectivity index (χ1) is 9.97. The summed E-state index contributed by atoms with van der Waals surface area (Å²) in [5, 5.41) is 7.46. The van der Waals surface area contributed by atoms with Gasteiger partial charge in [-0.2, -0.15) is 8.78 Å². The fourth-order valence-corrected chi connectivity index (χ4v) is 2.25. The molecule has 0 N–H and O–H groups in total. The molecule has 1 heterocycles. The molecule has 0 saturated carbocycles. The van der Waals surface area contributed by atoms with Gasteiger partial charge < -0.3 is 4.74 Å². The Morgan fingerprint density at radius 3 is 2.62 bits per heavy atom. The van der Waals surface area contributed by atoms with Crippen LogP contribution in [0.1, 0.15) is 10.4 Å². The Morgan fingerprint density at radius 2 is 2.05 bits per heavy atom. The maximum absolute atomic E-state index is 12.1. The van der Waals surface area contributed by atoms with Crippen molar-refractivity contribution in [2.45, 2.75) is 18.3 Å². The highest BCUT2D eigenvalue weighted by Gasteiger charge is 2.13. The van der Waals surface area contributed by atoms with Gasteiger partial charge in [-0.15, -0.1) is 10.2 Å². The topological polar surface area (TPSA) is 74.1 Å². The first-order valence-electron chi connectivity index (χ1n) is 5.76. The number of ether oxygens (including phenoxy) is 1. The van der Waals surface area contributed by atoms with Crippen LogP contribution in [0.25, 0.3) is 0 Å². The van der Waals surface area contributed by atoms with Gasteiger partial charge in [0.05, 0.1) is 17.3 Å². The fourth-order valence-electron chi connectivity index (χ4n) is 1.64. The molecule has 2 rings (SSSR count). The Balaban J connectivity index is 2.10. The van der Waals surface area contributed by atoms with Gasteiger partial charge in [0.15, 0.2) is 5.78 Å². The van der Waals surface area contributed by atoms with Crippen molar-refractivity contribution in [2.75, 3.05) is 6.26 Å². The zero-order valence-electron chi connectivity index (χ0n) is 10.9. The van der Waals surface area contributed by atoms with Crippen molar-refractivity contribution in [3.63, 3.8) is 0 Å². The van der Waals surface area contributed by atoms with Gasteiger partial charge >= 0.3 is 6.61 Å². The molecule has 1 aromatic heterocycles. The van der Waals surface area contributed by atoms with Crippen molar-refractivity contribution in [1.29, 1.82) is 0 Å². The summed E-state index contributed by atoms with van der Waals surface area (Å²) >= 11 is 0. The highest BCUT2D eigenvalue weighted by atomic mass is 32.2. The van der Waals surface area contributed by atoms with Crippen molar-refractivity contribution in [1.82, 2.24) is 14.8 Å². The van der Waals surface area contributed by atoms with E-state index in [0.29, 0.717) is 5.56 Å². The van der Waals surface area contributed by atoms with Gasteiger partial charge in [-0.1, -0.05) is 0 Å². The Morgan fingerprint density at radius 1 is 1.38 bits per heavy atom. The van der Waals surface area contributed by atoms with Gasteiger partial charge in [0.1, 0.15) is 12.1 Å². The number of aromatic nitrogens is 3. The van der Waals surface area contributed by atoms with Crippen molar-refractivity contribution in [2.24, 2.45) is 0 Å². The van der Waals surface area contributed by atoms with Crippen molar-refractivity contribution in [3.05, 3.63) is 36.2 Å². The largest absolute Gasteiger partial charge is 0.435 e. The van der Waals surface area contributed by atoms with Crippen LogP contribution >= 0.6 is 0 Å². The zero-order chi connectivity index (χ0) is 15.4. The van der Waals surface area contributed by atoms with E-state index >= 15 is 0 Å². The number of Topliss-reactive ketones (excluding diaryl/α,β-unsaturated/α-hetero) is 1. The summed E-state index contributed by atoms with van der Waals surface area (Å²) in [4.78, 5) is 12.1. The van der Waals surface area contributed by atoms with E-state index in [-0.39, 0.29) is 23.2 Å². The second-order valence-electron chi connectivity index (χ2n) is 4.02. The molecule has 0 radical (unpaired) electrons. The maximum atomic E-state index is 12.1. The standard InChI is InChI=1S/C12H11F2N3O3S/c1-21(19)12-16-15-7-17(12)6-10(18)8-2-4-9(5-3-8)20-11(13)14/h2-5,7,11H,6H2,1H3. The average Bonchev–Trinajstić information content (AvgIpc) is 2.87. The normalized spacial score (nSPS) is 12.4. The number of alkyl halides is 2. The molecular weight excluding hydrogens is 304 g/mol. The molecule has 1 atom stereocenters. The summed E-state index contributed by atoms with van der Waals surface area (Å²) in [7, 11) is -1.36. The Kier molecular flexibility index (Phi) is 4.73. The van der Waals surface area contributed by atoms with Crippen LogP contribution in [-0.2, 0) is 17.3 Å². The van der Waals surface area contributed by atoms with E-state index in [1.54, 1.807) is 0 Å². The summed E-state index contributed by atoms with van der Waals surface area (Å²) in [6.07, 6.45) is 2.74. The van der Waals surface area contributed by atoms with Crippen LogP contribution in [0.4, 0.5) is 8.78 Å². The average molecular weight is 315 g/mol. The van der Waals surface area contributed by atoms with Crippen molar-refractivity contribution < 1.29 is 22.5 Å². The van der Waals surface area contributed by atoms with E-state index in [9.17, 15) is 17.8 Å². The van der Waals surface area contributed by atoms with Crippen molar-refractivity contribution >= 4 is 16.6 Å². The van der Waals surface area contributed by atoms with Crippen LogP contribution in [0.2, 0.25) is 0 Å². The molecular formula is C12H11F2N3O3S. The molecule has 1 unspecified atom stereocenters. The molecule has 0 amide bonds. The summed E-state index contributed by atoms with van der Waals surface area (Å²) < 4.78 is 41.0. The van der Waals surface area contributed by atoms with E-state index in [0.717, 1.165) is 0 Å². The molecule has 0 fully saturated rings. The van der Waals surface area contributed by atoms with Gasteiger partial charge in [-0.05, 0) is 24.3 Å². The van der Waals surface area contributed by atoms with Crippen LogP contribution < -0.4 is 4.74 Å². The minimum Gasteiger partial charge on any atom is -0.435 e. The molecule has 0 bridgehead atoms. The van der Waals surface area contributed by atoms with Gasteiger partial charge in [0, 0.05) is 11.8 Å². The van der Waals surface area contributed by atoms with Crippen LogP contribution in [-0.4, -0.2) is 37.6 Å². The fraction of sp³-hybridized carbons (Fsp3) is 0.250. The molecule has 6 nitrogen and oxygen atoms in total. The van der Waals surface area contributed by atoms with E-state index in [4.69, 9.17) is 0 Å². The lowest BCUT2D eigenvalue weighted by Crippen LogP contribution is -2.13. The van der Waals surface area contributed by atoms with Crippen LogP contribution in [0.15, 0.2) is 35.7 Å². The number of hydrogen-bond acceptors (Lipinski definition) is 5. The SMILES string of the molecule is CS(=O)c1nncn1CC(=O)c1ccc(OC(F)F)cc1. The highest BCUT2D eigenvalue weighted by Crippen LogP contribution is 2.15. The van der Waals surface area contributed by atoms with E-state index in [2.05, 4.69) is 14.9 Å². The molecule has 21 heavy (non-hydrogen) atoms. The Bertz CT molecular complexity index is 658. The van der Waals surface area contributed by atoms with Crippen molar-refractivity contribution in [3.8, 4) is 5.75 Å². The van der Waals surface area contributed by atoms with Gasteiger partial charge in [0.25, 0.3) is 0 Å². The second kappa shape index (κ2) is 6.53. The number of carbonyl (C=O) groups excluding carboxylic acids is 1. The number of nitrogens with zero attached hydrogens (tertiary/aromatic N) is 3.